The summed E-state index contributed by atoms with van der Waals surface area (Å²) in [6.45, 7) is 5.89. The number of rotatable bonds is 7. The number of anilines is 1. The van der Waals surface area contributed by atoms with Crippen LogP contribution in [-0.2, 0) is 13.1 Å². The predicted molar refractivity (Wildman–Crippen MR) is 153 cm³/mol. The number of halogens is 5. The van der Waals surface area contributed by atoms with Crippen LogP contribution in [0.1, 0.15) is 34.3 Å². The van der Waals surface area contributed by atoms with Gasteiger partial charge in [-0.05, 0) is 61.8 Å². The van der Waals surface area contributed by atoms with Gasteiger partial charge in [0.1, 0.15) is 11.6 Å². The number of nitrogens with zero attached hydrogens (tertiary/aromatic N) is 4. The van der Waals surface area contributed by atoms with Crippen LogP contribution in [0.5, 0.6) is 0 Å². The fourth-order valence-electron chi connectivity index (χ4n) is 5.35. The number of hydrogen-bond donors (Lipinski definition) is 1. The minimum atomic E-state index is -0.959. The van der Waals surface area contributed by atoms with Gasteiger partial charge in [-0.15, -0.1) is 0 Å². The third-order valence-electron chi connectivity index (χ3n) is 7.62. The lowest BCUT2D eigenvalue weighted by Crippen LogP contribution is -2.53. The number of piperidine rings is 1. The Morgan fingerprint density at radius 3 is 2.38 bits per heavy atom. The van der Waals surface area contributed by atoms with Gasteiger partial charge in [-0.2, -0.15) is 0 Å². The maximum Gasteiger partial charge on any atom is 0.253 e. The van der Waals surface area contributed by atoms with Crippen molar-refractivity contribution in [1.82, 2.24) is 20.1 Å². The fraction of sp³-hybridized carbons (Fsp3) is 0.379. The van der Waals surface area contributed by atoms with Crippen LogP contribution in [-0.4, -0.2) is 66.0 Å². The van der Waals surface area contributed by atoms with Gasteiger partial charge >= 0.3 is 0 Å². The third kappa shape index (κ3) is 6.97. The highest BCUT2D eigenvalue weighted by atomic mass is 79.9. The van der Waals surface area contributed by atoms with E-state index in [1.165, 1.54) is 18.3 Å². The Morgan fingerprint density at radius 1 is 0.950 bits per heavy atom. The minimum absolute atomic E-state index is 0.0530. The molecule has 3 aromatic rings. The van der Waals surface area contributed by atoms with Gasteiger partial charge in [-0.3, -0.25) is 14.6 Å². The molecule has 0 bridgehead atoms. The summed E-state index contributed by atoms with van der Waals surface area (Å²) in [7, 11) is 0. The first kappa shape index (κ1) is 28.9. The molecule has 2 aliphatic rings. The number of hydrogen-bond acceptors (Lipinski definition) is 5. The molecule has 2 saturated heterocycles. The Bertz CT molecular complexity index is 1360. The molecule has 1 aromatic heterocycles. The zero-order chi connectivity index (χ0) is 28.2. The molecule has 0 saturated carbocycles. The molecule has 0 aliphatic carbocycles. The molecule has 2 fully saturated rings. The van der Waals surface area contributed by atoms with Crippen molar-refractivity contribution >= 4 is 39.3 Å². The lowest BCUT2D eigenvalue weighted by Gasteiger charge is -2.43. The predicted octanol–water partition coefficient (Wildman–Crippen LogP) is 5.63. The van der Waals surface area contributed by atoms with E-state index in [1.54, 1.807) is 6.07 Å². The van der Waals surface area contributed by atoms with Crippen LogP contribution in [0.2, 0.25) is 5.02 Å². The number of nitrogens with one attached hydrogen (secondary N) is 1. The lowest BCUT2D eigenvalue weighted by atomic mass is 10.0. The zero-order valence-electron chi connectivity index (χ0n) is 21.9. The van der Waals surface area contributed by atoms with Gasteiger partial charge in [-0.25, -0.2) is 18.2 Å². The van der Waals surface area contributed by atoms with Gasteiger partial charge in [0.2, 0.25) is 0 Å². The smallest absolute Gasteiger partial charge is 0.253 e. The van der Waals surface area contributed by atoms with Crippen molar-refractivity contribution in [3.63, 3.8) is 0 Å². The molecule has 2 aromatic carbocycles. The first-order valence-electron chi connectivity index (χ1n) is 13.3. The van der Waals surface area contributed by atoms with Gasteiger partial charge in [-0.1, -0.05) is 39.7 Å². The summed E-state index contributed by atoms with van der Waals surface area (Å²) in [6.07, 6.45) is 3.58. The number of carbonyl (C=O) groups is 1. The molecule has 0 unspecified atom stereocenters. The molecule has 0 spiro atoms. The number of piperazine rings is 1. The van der Waals surface area contributed by atoms with Crippen LogP contribution < -0.4 is 10.2 Å². The number of benzene rings is 2. The highest BCUT2D eigenvalue weighted by molar-refractivity contribution is 9.10. The van der Waals surface area contributed by atoms with E-state index in [4.69, 9.17) is 11.6 Å². The Morgan fingerprint density at radius 2 is 1.70 bits per heavy atom. The average molecular weight is 637 g/mol. The van der Waals surface area contributed by atoms with E-state index in [-0.39, 0.29) is 12.4 Å². The highest BCUT2D eigenvalue weighted by Crippen LogP contribution is 2.27. The third-order valence-corrected chi connectivity index (χ3v) is 8.39. The second-order valence-corrected chi connectivity index (χ2v) is 11.5. The molecule has 6 nitrogen and oxygen atoms in total. The van der Waals surface area contributed by atoms with Crippen molar-refractivity contribution < 1.29 is 18.0 Å². The van der Waals surface area contributed by atoms with Gasteiger partial charge in [0.25, 0.3) is 5.91 Å². The van der Waals surface area contributed by atoms with Crippen molar-refractivity contribution in [3.05, 3.63) is 92.3 Å². The quantitative estimate of drug-likeness (QED) is 0.365. The van der Waals surface area contributed by atoms with E-state index < -0.39 is 17.5 Å². The Balaban J connectivity index is 1.09. The summed E-state index contributed by atoms with van der Waals surface area (Å²) >= 11 is 9.84. The van der Waals surface area contributed by atoms with E-state index in [9.17, 15) is 18.0 Å². The zero-order valence-corrected chi connectivity index (χ0v) is 24.2. The molecule has 40 heavy (non-hydrogen) atoms. The minimum Gasteiger partial charge on any atom is -0.353 e. The van der Waals surface area contributed by atoms with Crippen LogP contribution in [0, 0.1) is 17.5 Å². The topological polar surface area (TPSA) is 51.7 Å². The second kappa shape index (κ2) is 12.9. The molecular weight excluding hydrogens is 607 g/mol. The molecule has 3 heterocycles. The molecule has 0 radical (unpaired) electrons. The normalized spacial score (nSPS) is 17.3. The van der Waals surface area contributed by atoms with Crippen molar-refractivity contribution in [1.29, 1.82) is 0 Å². The van der Waals surface area contributed by atoms with E-state index in [1.807, 2.05) is 12.1 Å². The Labute approximate surface area is 245 Å². The SMILES string of the molecule is O=C(NCc1ccc(F)c(F)c1)c1cnc(N2CCN(C3CCN(Cc4ccc(Br)cc4F)CC3)CC2)c(Cl)c1. The van der Waals surface area contributed by atoms with Crippen LogP contribution in [0.15, 0.2) is 53.1 Å². The standard InChI is InChI=1S/C29H30BrClF3N5O/c30-22-3-2-20(26(33)15-22)18-37-7-5-23(6-8-37)38-9-11-39(12-10-38)28-24(31)14-21(17-35-28)29(40)36-16-19-1-4-25(32)27(34)13-19/h1-4,13-15,17,23H,5-12,16,18H2,(H,36,40). The van der Waals surface area contributed by atoms with Crippen LogP contribution in [0.4, 0.5) is 19.0 Å². The first-order chi connectivity index (χ1) is 19.3. The highest BCUT2D eigenvalue weighted by Gasteiger charge is 2.29. The molecule has 5 rings (SSSR count). The average Bonchev–Trinajstić information content (AvgIpc) is 2.95. The van der Waals surface area contributed by atoms with E-state index in [0.29, 0.717) is 34.6 Å². The number of carbonyl (C=O) groups excluding carboxylic acids is 1. The van der Waals surface area contributed by atoms with Crippen LogP contribution in [0.3, 0.4) is 0 Å². The van der Waals surface area contributed by atoms with Gasteiger partial charge in [0.05, 0.1) is 10.6 Å². The van der Waals surface area contributed by atoms with Gasteiger partial charge in [0, 0.05) is 61.5 Å². The summed E-state index contributed by atoms with van der Waals surface area (Å²) < 4.78 is 41.5. The first-order valence-corrected chi connectivity index (χ1v) is 14.5. The van der Waals surface area contributed by atoms with Crippen LogP contribution in [0.25, 0.3) is 0 Å². The van der Waals surface area contributed by atoms with Gasteiger partial charge < -0.3 is 10.2 Å². The van der Waals surface area contributed by atoms with E-state index >= 15 is 0 Å². The molecule has 212 valence electrons. The summed E-state index contributed by atoms with van der Waals surface area (Å²) in [6, 6.07) is 10.8. The maximum atomic E-state index is 14.2. The molecule has 1 N–H and O–H groups in total. The maximum absolute atomic E-state index is 14.2. The lowest BCUT2D eigenvalue weighted by molar-refractivity contribution is 0.0950. The number of pyridine rings is 1. The molecule has 1 amide bonds. The number of aromatic nitrogens is 1. The van der Waals surface area contributed by atoms with E-state index in [2.05, 4.69) is 40.9 Å². The monoisotopic (exact) mass is 635 g/mol. The van der Waals surface area contributed by atoms with Crippen molar-refractivity contribution in [3.8, 4) is 0 Å². The summed E-state index contributed by atoms with van der Waals surface area (Å²) in [5.74, 6) is -1.82. The molecule has 2 aliphatic heterocycles. The molecule has 0 atom stereocenters. The summed E-state index contributed by atoms with van der Waals surface area (Å²) in [5, 5.41) is 3.07. The van der Waals surface area contributed by atoms with Crippen molar-refractivity contribution in [2.75, 3.05) is 44.2 Å². The Kier molecular flexibility index (Phi) is 9.30. The van der Waals surface area contributed by atoms with E-state index in [0.717, 1.165) is 74.3 Å². The summed E-state index contributed by atoms with van der Waals surface area (Å²) in [5.41, 5.74) is 1.47. The Hall–Kier alpha value is -2.66. The molecular formula is C29H30BrClF3N5O. The number of likely N-dealkylation sites (tertiary alicyclic amines) is 1. The fourth-order valence-corrected chi connectivity index (χ4v) is 5.97. The van der Waals surface area contributed by atoms with Crippen LogP contribution >= 0.6 is 27.5 Å². The van der Waals surface area contributed by atoms with Crippen molar-refractivity contribution in [2.45, 2.75) is 32.0 Å². The van der Waals surface area contributed by atoms with Crippen molar-refractivity contribution in [2.24, 2.45) is 0 Å². The van der Waals surface area contributed by atoms with Gasteiger partial charge in [0.15, 0.2) is 11.6 Å². The number of amides is 1. The largest absolute Gasteiger partial charge is 0.353 e. The summed E-state index contributed by atoms with van der Waals surface area (Å²) in [4.78, 5) is 24.0. The second-order valence-electron chi connectivity index (χ2n) is 10.2. The molecule has 11 heteroatoms.